The number of phenolic OH excluding ortho intramolecular Hbond substituents is 1. The lowest BCUT2D eigenvalue weighted by molar-refractivity contribution is 0.103. The van der Waals surface area contributed by atoms with Crippen LogP contribution in [0.4, 0.5) is 0 Å². The van der Waals surface area contributed by atoms with E-state index in [0.717, 1.165) is 51.4 Å². The summed E-state index contributed by atoms with van der Waals surface area (Å²) in [5.74, 6) is 1.56. The van der Waals surface area contributed by atoms with Gasteiger partial charge in [-0.15, -0.1) is 0 Å². The third-order valence-corrected chi connectivity index (χ3v) is 5.94. The van der Waals surface area contributed by atoms with E-state index in [1.807, 2.05) is 24.5 Å². The van der Waals surface area contributed by atoms with Crippen LogP contribution in [0.1, 0.15) is 24.0 Å². The molecule has 1 aromatic carbocycles. The first-order valence-corrected chi connectivity index (χ1v) is 10.9. The highest BCUT2D eigenvalue weighted by Crippen LogP contribution is 2.37. The van der Waals surface area contributed by atoms with Crippen LogP contribution < -0.4 is 9.47 Å². The molecule has 1 aliphatic rings. The first kappa shape index (κ1) is 23.3. The van der Waals surface area contributed by atoms with Crippen molar-refractivity contribution < 1.29 is 19.3 Å². The summed E-state index contributed by atoms with van der Waals surface area (Å²) in [6, 6.07) is 7.92. The lowest BCUT2D eigenvalue weighted by Gasteiger charge is -2.35. The number of benzene rings is 1. The molecule has 0 spiro atoms. The summed E-state index contributed by atoms with van der Waals surface area (Å²) in [6.07, 6.45) is 6.07. The highest BCUT2D eigenvalue weighted by atomic mass is 16.5. The fourth-order valence-electron chi connectivity index (χ4n) is 4.21. The Bertz CT molecular complexity index is 770. The molecule has 0 bridgehead atoms. The fraction of sp³-hybridized carbons (Fsp3) is 0.542. The van der Waals surface area contributed by atoms with Gasteiger partial charge in [0.15, 0.2) is 11.5 Å². The molecule has 0 atom stereocenters. The van der Waals surface area contributed by atoms with E-state index < -0.39 is 0 Å². The van der Waals surface area contributed by atoms with E-state index >= 15 is 0 Å². The van der Waals surface area contributed by atoms with E-state index in [-0.39, 0.29) is 5.75 Å². The second-order valence-electron chi connectivity index (χ2n) is 8.15. The van der Waals surface area contributed by atoms with Crippen LogP contribution in [0.5, 0.6) is 17.2 Å². The molecule has 0 unspecified atom stereocenters. The zero-order chi connectivity index (χ0) is 22.1. The van der Waals surface area contributed by atoms with Crippen molar-refractivity contribution in [3.8, 4) is 17.2 Å². The number of piperidine rings is 1. The molecule has 2 aromatic rings. The summed E-state index contributed by atoms with van der Waals surface area (Å²) in [4.78, 5) is 9.10. The van der Waals surface area contributed by atoms with Gasteiger partial charge in [0.05, 0.1) is 20.8 Å². The Hall–Kier alpha value is -2.35. The van der Waals surface area contributed by atoms with Crippen LogP contribution in [0, 0.1) is 5.92 Å². The minimum atomic E-state index is 0.0397. The smallest absolute Gasteiger partial charge is 0.200 e. The van der Waals surface area contributed by atoms with Crippen molar-refractivity contribution in [2.24, 2.45) is 5.92 Å². The minimum absolute atomic E-state index is 0.0397. The first-order valence-electron chi connectivity index (χ1n) is 10.9. The molecule has 0 aliphatic carbocycles. The van der Waals surface area contributed by atoms with Gasteiger partial charge < -0.3 is 24.2 Å². The van der Waals surface area contributed by atoms with Crippen LogP contribution in [-0.2, 0) is 17.8 Å². The Morgan fingerprint density at radius 2 is 1.61 bits per heavy atom. The van der Waals surface area contributed by atoms with Gasteiger partial charge >= 0.3 is 0 Å². The molecular weight excluding hydrogens is 394 g/mol. The number of phenols is 1. The third kappa shape index (κ3) is 6.82. The molecule has 1 fully saturated rings. The van der Waals surface area contributed by atoms with Crippen LogP contribution in [0.3, 0.4) is 0 Å². The summed E-state index contributed by atoms with van der Waals surface area (Å²) >= 11 is 0. The van der Waals surface area contributed by atoms with Crippen LogP contribution in [0.2, 0.25) is 0 Å². The number of rotatable bonds is 11. The first-order chi connectivity index (χ1) is 15.1. The second kappa shape index (κ2) is 11.9. The van der Waals surface area contributed by atoms with Crippen molar-refractivity contribution in [1.82, 2.24) is 14.8 Å². The predicted molar refractivity (Wildman–Crippen MR) is 121 cm³/mol. The van der Waals surface area contributed by atoms with E-state index in [9.17, 15) is 5.11 Å². The number of nitrogens with zero attached hydrogens (tertiary/aromatic N) is 3. The van der Waals surface area contributed by atoms with Crippen molar-refractivity contribution in [3.05, 3.63) is 47.8 Å². The molecule has 31 heavy (non-hydrogen) atoms. The number of hydrogen-bond donors (Lipinski definition) is 1. The SMILES string of the molecule is COCCN1CCC(CN(Cc2ccncc2)Cc2cc(OC)c(O)c(OC)c2)CC1. The number of aromatic hydroxyl groups is 1. The van der Waals surface area contributed by atoms with Crippen molar-refractivity contribution in [2.45, 2.75) is 25.9 Å². The van der Waals surface area contributed by atoms with E-state index in [0.29, 0.717) is 17.4 Å². The summed E-state index contributed by atoms with van der Waals surface area (Å²) in [5, 5.41) is 10.2. The largest absolute Gasteiger partial charge is 0.502 e. The van der Waals surface area contributed by atoms with Gasteiger partial charge in [0.25, 0.3) is 0 Å². The van der Waals surface area contributed by atoms with Crippen LogP contribution >= 0.6 is 0 Å². The van der Waals surface area contributed by atoms with Gasteiger partial charge in [0.1, 0.15) is 0 Å². The summed E-state index contributed by atoms with van der Waals surface area (Å²) in [5.41, 5.74) is 2.29. The molecule has 1 N–H and O–H groups in total. The zero-order valence-corrected chi connectivity index (χ0v) is 18.9. The molecule has 0 amide bonds. The molecule has 1 aromatic heterocycles. The third-order valence-electron chi connectivity index (χ3n) is 5.94. The van der Waals surface area contributed by atoms with Gasteiger partial charge in [-0.1, -0.05) is 0 Å². The number of aromatic nitrogens is 1. The molecule has 0 saturated carbocycles. The quantitative estimate of drug-likeness (QED) is 0.588. The maximum atomic E-state index is 10.2. The molecule has 1 saturated heterocycles. The summed E-state index contributed by atoms with van der Waals surface area (Å²) in [7, 11) is 4.88. The van der Waals surface area contributed by atoms with Gasteiger partial charge in [0, 0.05) is 45.7 Å². The number of likely N-dealkylation sites (tertiary alicyclic amines) is 1. The molecule has 2 heterocycles. The van der Waals surface area contributed by atoms with Crippen LogP contribution in [-0.4, -0.2) is 74.0 Å². The van der Waals surface area contributed by atoms with Gasteiger partial charge in [-0.2, -0.15) is 0 Å². The predicted octanol–water partition coefficient (Wildman–Crippen LogP) is 3.17. The normalized spacial score (nSPS) is 15.4. The standard InChI is InChI=1S/C24H35N3O4/c1-29-13-12-26-10-6-20(7-11-26)17-27(16-19-4-8-25-9-5-19)18-21-14-22(30-2)24(28)23(15-21)31-3/h4-5,8-9,14-15,20,28H,6-7,10-13,16-18H2,1-3H3. The molecule has 170 valence electrons. The van der Waals surface area contributed by atoms with Crippen molar-refractivity contribution in [1.29, 1.82) is 0 Å². The van der Waals surface area contributed by atoms with E-state index in [1.165, 1.54) is 18.4 Å². The van der Waals surface area contributed by atoms with E-state index in [1.54, 1.807) is 21.3 Å². The van der Waals surface area contributed by atoms with E-state index in [2.05, 4.69) is 26.9 Å². The Morgan fingerprint density at radius 1 is 1.00 bits per heavy atom. The monoisotopic (exact) mass is 429 g/mol. The minimum Gasteiger partial charge on any atom is -0.502 e. The Kier molecular flexibility index (Phi) is 8.94. The highest BCUT2D eigenvalue weighted by molar-refractivity contribution is 5.52. The Balaban J connectivity index is 1.70. The maximum Gasteiger partial charge on any atom is 0.200 e. The maximum absolute atomic E-state index is 10.2. The van der Waals surface area contributed by atoms with Crippen molar-refractivity contribution >= 4 is 0 Å². The lowest BCUT2D eigenvalue weighted by Crippen LogP contribution is -2.39. The summed E-state index contributed by atoms with van der Waals surface area (Å²) in [6.45, 7) is 6.67. The van der Waals surface area contributed by atoms with Gasteiger partial charge in [-0.3, -0.25) is 9.88 Å². The molecular formula is C24H35N3O4. The Morgan fingerprint density at radius 3 is 2.19 bits per heavy atom. The average molecular weight is 430 g/mol. The van der Waals surface area contributed by atoms with Gasteiger partial charge in [-0.25, -0.2) is 0 Å². The fourth-order valence-corrected chi connectivity index (χ4v) is 4.21. The molecule has 1 aliphatic heterocycles. The molecule has 7 nitrogen and oxygen atoms in total. The lowest BCUT2D eigenvalue weighted by atomic mass is 9.95. The molecule has 3 rings (SSSR count). The highest BCUT2D eigenvalue weighted by Gasteiger charge is 2.22. The topological polar surface area (TPSA) is 67.3 Å². The van der Waals surface area contributed by atoms with E-state index in [4.69, 9.17) is 14.2 Å². The van der Waals surface area contributed by atoms with Crippen LogP contribution in [0.25, 0.3) is 0 Å². The summed E-state index contributed by atoms with van der Waals surface area (Å²) < 4.78 is 15.9. The number of methoxy groups -OCH3 is 3. The number of pyridine rings is 1. The van der Waals surface area contributed by atoms with Crippen molar-refractivity contribution in [3.63, 3.8) is 0 Å². The average Bonchev–Trinajstić information content (AvgIpc) is 2.80. The molecule has 7 heteroatoms. The van der Waals surface area contributed by atoms with Crippen LogP contribution in [0.15, 0.2) is 36.7 Å². The van der Waals surface area contributed by atoms with Gasteiger partial charge in [-0.05, 0) is 67.2 Å². The molecule has 0 radical (unpaired) electrons. The Labute approximate surface area is 185 Å². The zero-order valence-electron chi connectivity index (χ0n) is 18.9. The second-order valence-corrected chi connectivity index (χ2v) is 8.15. The van der Waals surface area contributed by atoms with Gasteiger partial charge in [0.2, 0.25) is 5.75 Å². The number of hydrogen-bond acceptors (Lipinski definition) is 7. The van der Waals surface area contributed by atoms with Crippen molar-refractivity contribution in [2.75, 3.05) is 54.1 Å². The number of ether oxygens (including phenoxy) is 3.